The van der Waals surface area contributed by atoms with Crippen LogP contribution in [-0.2, 0) is 6.54 Å². The van der Waals surface area contributed by atoms with Gasteiger partial charge in [-0.3, -0.25) is 4.99 Å². The number of nitrogens with zero attached hydrogens (tertiary/aromatic N) is 4. The van der Waals surface area contributed by atoms with Gasteiger partial charge in [0.15, 0.2) is 11.1 Å². The molecule has 108 valence electrons. The minimum atomic E-state index is 0.621. The third-order valence-corrected chi connectivity index (χ3v) is 3.74. The Labute approximate surface area is 119 Å². The second-order valence-electron chi connectivity index (χ2n) is 6.01. The van der Waals surface area contributed by atoms with Crippen molar-refractivity contribution in [2.24, 2.45) is 10.9 Å². The van der Waals surface area contributed by atoms with Crippen molar-refractivity contribution in [3.05, 3.63) is 17.6 Å². The molecule has 0 bridgehead atoms. The van der Waals surface area contributed by atoms with Crippen molar-refractivity contribution < 1.29 is 0 Å². The Morgan fingerprint density at radius 1 is 1.45 bits per heavy atom. The first-order chi connectivity index (χ1) is 9.69. The Morgan fingerprint density at radius 3 is 2.90 bits per heavy atom. The highest BCUT2D eigenvalue weighted by Crippen LogP contribution is 2.38. The minimum Gasteiger partial charge on any atom is -0.337 e. The molecule has 5 nitrogen and oxygen atoms in total. The summed E-state index contributed by atoms with van der Waals surface area (Å²) in [7, 11) is 0. The molecule has 2 aromatic heterocycles. The van der Waals surface area contributed by atoms with Gasteiger partial charge < -0.3 is 9.55 Å². The highest BCUT2D eigenvalue weighted by atomic mass is 15.1. The van der Waals surface area contributed by atoms with Crippen molar-refractivity contribution in [2.45, 2.75) is 52.5 Å². The van der Waals surface area contributed by atoms with Gasteiger partial charge in [0, 0.05) is 19.0 Å². The van der Waals surface area contributed by atoms with Crippen LogP contribution in [0.1, 0.15) is 51.8 Å². The fourth-order valence-corrected chi connectivity index (χ4v) is 2.37. The lowest BCUT2D eigenvalue weighted by atomic mass is 10.1. The van der Waals surface area contributed by atoms with Crippen molar-refractivity contribution in [1.29, 1.82) is 0 Å². The molecule has 2 aromatic rings. The van der Waals surface area contributed by atoms with E-state index < -0.39 is 0 Å². The monoisotopic (exact) mass is 273 g/mol. The summed E-state index contributed by atoms with van der Waals surface area (Å²) in [5.41, 5.74) is 2.80. The van der Waals surface area contributed by atoms with Gasteiger partial charge in [-0.15, -0.1) is 0 Å². The zero-order valence-electron chi connectivity index (χ0n) is 12.6. The van der Waals surface area contributed by atoms with E-state index >= 15 is 0 Å². The van der Waals surface area contributed by atoms with Crippen LogP contribution < -0.4 is 5.49 Å². The number of aryl methyl sites for hydroxylation is 1. The molecule has 0 saturated heterocycles. The summed E-state index contributed by atoms with van der Waals surface area (Å²) in [5, 5.41) is 0. The molecule has 1 fully saturated rings. The lowest BCUT2D eigenvalue weighted by molar-refractivity contribution is 0.517. The van der Waals surface area contributed by atoms with Crippen LogP contribution in [-0.4, -0.2) is 26.1 Å². The first kappa shape index (κ1) is 13.3. The van der Waals surface area contributed by atoms with Gasteiger partial charge in [-0.1, -0.05) is 13.8 Å². The molecule has 0 radical (unpaired) electrons. The average molecular weight is 273 g/mol. The number of hydrogen-bond donors (Lipinski definition) is 1. The zero-order valence-corrected chi connectivity index (χ0v) is 12.6. The summed E-state index contributed by atoms with van der Waals surface area (Å²) in [6.45, 7) is 8.22. The van der Waals surface area contributed by atoms with Crippen LogP contribution in [0.15, 0.2) is 11.3 Å². The summed E-state index contributed by atoms with van der Waals surface area (Å²) >= 11 is 0. The Morgan fingerprint density at radius 2 is 2.25 bits per heavy atom. The maximum Gasteiger partial charge on any atom is 0.176 e. The standard InChI is InChI=1S/C15H23N5/c1-4-16-14-12-15(19-13(18-12)11-5-6-11)20(9-17-14)8-7-10(2)3/h9-11H,4-8H2,1-3H3,(H,18,19). The highest BCUT2D eigenvalue weighted by molar-refractivity contribution is 5.69. The van der Waals surface area contributed by atoms with E-state index in [1.165, 1.54) is 12.8 Å². The molecule has 3 rings (SSSR count). The molecular weight excluding hydrogens is 250 g/mol. The molecule has 0 unspecified atom stereocenters. The van der Waals surface area contributed by atoms with E-state index in [1.807, 2.05) is 13.3 Å². The van der Waals surface area contributed by atoms with Crippen LogP contribution in [0.2, 0.25) is 0 Å². The third kappa shape index (κ3) is 2.62. The van der Waals surface area contributed by atoms with Gasteiger partial charge in [-0.25, -0.2) is 9.97 Å². The lowest BCUT2D eigenvalue weighted by Crippen LogP contribution is -2.15. The van der Waals surface area contributed by atoms with Gasteiger partial charge in [-0.2, -0.15) is 0 Å². The van der Waals surface area contributed by atoms with Crippen LogP contribution in [0.5, 0.6) is 0 Å². The molecule has 0 atom stereocenters. The van der Waals surface area contributed by atoms with Gasteiger partial charge in [-0.05, 0) is 32.1 Å². The van der Waals surface area contributed by atoms with Crippen LogP contribution >= 0.6 is 0 Å². The second-order valence-corrected chi connectivity index (χ2v) is 6.01. The zero-order chi connectivity index (χ0) is 14.1. The van der Waals surface area contributed by atoms with Crippen LogP contribution in [0, 0.1) is 5.92 Å². The molecule has 1 N–H and O–H groups in total. The predicted molar refractivity (Wildman–Crippen MR) is 79.4 cm³/mol. The number of imidazole rings is 1. The van der Waals surface area contributed by atoms with E-state index in [9.17, 15) is 0 Å². The van der Waals surface area contributed by atoms with Gasteiger partial charge in [0.1, 0.15) is 11.3 Å². The van der Waals surface area contributed by atoms with E-state index in [0.29, 0.717) is 11.8 Å². The first-order valence-corrected chi connectivity index (χ1v) is 7.64. The van der Waals surface area contributed by atoms with Crippen molar-refractivity contribution in [3.8, 4) is 0 Å². The van der Waals surface area contributed by atoms with E-state index in [1.54, 1.807) is 0 Å². The second kappa shape index (κ2) is 5.38. The highest BCUT2D eigenvalue weighted by Gasteiger charge is 2.27. The molecule has 5 heteroatoms. The van der Waals surface area contributed by atoms with Gasteiger partial charge in [0.25, 0.3) is 0 Å². The minimum absolute atomic E-state index is 0.621. The quantitative estimate of drug-likeness (QED) is 0.910. The fourth-order valence-electron chi connectivity index (χ4n) is 2.37. The van der Waals surface area contributed by atoms with Crippen LogP contribution in [0.25, 0.3) is 11.2 Å². The molecular formula is C15H23N5. The lowest BCUT2D eigenvalue weighted by Gasteiger charge is -2.08. The largest absolute Gasteiger partial charge is 0.337 e. The molecule has 0 aliphatic heterocycles. The van der Waals surface area contributed by atoms with E-state index in [0.717, 1.165) is 42.0 Å². The van der Waals surface area contributed by atoms with E-state index in [-0.39, 0.29) is 0 Å². The Kier molecular flexibility index (Phi) is 3.59. The van der Waals surface area contributed by atoms with Gasteiger partial charge in [0.05, 0.1) is 6.33 Å². The Balaban J connectivity index is 2.07. The van der Waals surface area contributed by atoms with Crippen molar-refractivity contribution in [3.63, 3.8) is 0 Å². The number of nitrogens with one attached hydrogen (secondary N) is 1. The predicted octanol–water partition coefficient (Wildman–Crippen LogP) is 2.60. The first-order valence-electron chi connectivity index (χ1n) is 7.64. The maximum atomic E-state index is 4.80. The van der Waals surface area contributed by atoms with Crippen molar-refractivity contribution in [1.82, 2.24) is 19.5 Å². The molecule has 0 aromatic carbocycles. The summed E-state index contributed by atoms with van der Waals surface area (Å²) in [6, 6.07) is 0. The Bertz CT molecular complexity index is 660. The third-order valence-electron chi connectivity index (χ3n) is 3.74. The summed E-state index contributed by atoms with van der Waals surface area (Å²) < 4.78 is 2.16. The molecule has 2 heterocycles. The smallest absolute Gasteiger partial charge is 0.176 e. The normalized spacial score (nSPS) is 16.5. The number of hydrogen-bond acceptors (Lipinski definition) is 3. The van der Waals surface area contributed by atoms with Gasteiger partial charge in [0.2, 0.25) is 0 Å². The number of aromatic nitrogens is 4. The molecule has 1 aliphatic rings. The SMILES string of the molecule is CCN=c1ncn(CCC(C)C)c2nc(C3CC3)[nH]c12. The molecule has 1 saturated carbocycles. The molecule has 1 aliphatic carbocycles. The maximum absolute atomic E-state index is 4.80. The number of aromatic amines is 1. The molecule has 20 heavy (non-hydrogen) atoms. The van der Waals surface area contributed by atoms with E-state index in [2.05, 4.69) is 33.4 Å². The number of rotatable bonds is 5. The van der Waals surface area contributed by atoms with Crippen molar-refractivity contribution in [2.75, 3.05) is 6.54 Å². The summed E-state index contributed by atoms with van der Waals surface area (Å²) in [4.78, 5) is 17.2. The molecule has 0 amide bonds. The van der Waals surface area contributed by atoms with E-state index in [4.69, 9.17) is 4.98 Å². The number of fused-ring (bicyclic) bond motifs is 1. The molecule has 0 spiro atoms. The van der Waals surface area contributed by atoms with Gasteiger partial charge >= 0.3 is 0 Å². The van der Waals surface area contributed by atoms with Crippen LogP contribution in [0.4, 0.5) is 0 Å². The number of H-pyrrole nitrogens is 1. The fraction of sp³-hybridized carbons (Fsp3) is 0.667. The average Bonchev–Trinajstić information content (AvgIpc) is 3.17. The topological polar surface area (TPSA) is 58.9 Å². The Hall–Kier alpha value is -1.65. The van der Waals surface area contributed by atoms with Crippen LogP contribution in [0.3, 0.4) is 0 Å². The summed E-state index contributed by atoms with van der Waals surface area (Å²) in [6.07, 6.45) is 5.52. The van der Waals surface area contributed by atoms with Crippen molar-refractivity contribution >= 4 is 11.2 Å². The summed E-state index contributed by atoms with van der Waals surface area (Å²) in [5.74, 6) is 2.41.